The molecule has 0 saturated heterocycles. The lowest BCUT2D eigenvalue weighted by molar-refractivity contribution is 0.914. The van der Waals surface area contributed by atoms with Crippen LogP contribution in [0.3, 0.4) is 0 Å². The van der Waals surface area contributed by atoms with Crippen LogP contribution in [0.5, 0.6) is 0 Å². The first kappa shape index (κ1) is 21.7. The molecule has 0 fully saturated rings. The van der Waals surface area contributed by atoms with Crippen molar-refractivity contribution in [3.8, 4) is 28.2 Å². The molecule has 0 aliphatic heterocycles. The summed E-state index contributed by atoms with van der Waals surface area (Å²) in [6.07, 6.45) is 2.66. The van der Waals surface area contributed by atoms with Crippen LogP contribution >= 0.6 is 34.8 Å². The summed E-state index contributed by atoms with van der Waals surface area (Å²) >= 11 is 18.4. The number of hydrogen-bond acceptors (Lipinski definition) is 3. The molecule has 0 radical (unpaired) electrons. The van der Waals surface area contributed by atoms with Gasteiger partial charge in [-0.05, 0) is 48.0 Å². The van der Waals surface area contributed by atoms with Crippen molar-refractivity contribution in [1.29, 1.82) is 0 Å². The summed E-state index contributed by atoms with van der Waals surface area (Å²) in [5.41, 5.74) is 5.54. The van der Waals surface area contributed by atoms with Crippen molar-refractivity contribution < 1.29 is 0 Å². The van der Waals surface area contributed by atoms with Gasteiger partial charge in [0.1, 0.15) is 5.82 Å². The second-order valence-corrected chi connectivity index (χ2v) is 8.72. The smallest absolute Gasteiger partial charge is 0.151 e. The summed E-state index contributed by atoms with van der Waals surface area (Å²) in [6, 6.07) is 27.4. The molecule has 5 rings (SSSR count). The minimum absolute atomic E-state index is 0.375. The standard InChI is InChI=1S/C26H17Cl3N4/c27-19-10-11-21(22(28)15-19)24-16-33(20-4-2-1-3-5-20)26(30-24)14-17-6-8-18(9-7-17)23-12-13-25(29)32-31-23/h1-13,15-16H,14H2. The Balaban J connectivity index is 1.50. The van der Waals surface area contributed by atoms with Gasteiger partial charge in [-0.2, -0.15) is 0 Å². The van der Waals surface area contributed by atoms with E-state index in [0.717, 1.165) is 39.6 Å². The highest BCUT2D eigenvalue weighted by molar-refractivity contribution is 6.36. The fraction of sp³-hybridized carbons (Fsp3) is 0.0385. The molecular weight excluding hydrogens is 475 g/mol. The van der Waals surface area contributed by atoms with E-state index in [1.165, 1.54) is 0 Å². The summed E-state index contributed by atoms with van der Waals surface area (Å²) in [7, 11) is 0. The van der Waals surface area contributed by atoms with Crippen LogP contribution in [0.4, 0.5) is 0 Å². The highest BCUT2D eigenvalue weighted by Crippen LogP contribution is 2.31. The van der Waals surface area contributed by atoms with Crippen molar-refractivity contribution in [1.82, 2.24) is 19.7 Å². The molecule has 2 heterocycles. The van der Waals surface area contributed by atoms with E-state index < -0.39 is 0 Å². The van der Waals surface area contributed by atoms with E-state index in [-0.39, 0.29) is 0 Å². The van der Waals surface area contributed by atoms with Gasteiger partial charge in [-0.25, -0.2) is 4.98 Å². The Morgan fingerprint density at radius 2 is 1.52 bits per heavy atom. The first-order chi connectivity index (χ1) is 16.1. The van der Waals surface area contributed by atoms with Crippen LogP contribution in [0.25, 0.3) is 28.2 Å². The van der Waals surface area contributed by atoms with Gasteiger partial charge in [0, 0.05) is 34.5 Å². The van der Waals surface area contributed by atoms with E-state index in [2.05, 4.69) is 39.0 Å². The third kappa shape index (κ3) is 4.79. The van der Waals surface area contributed by atoms with Crippen molar-refractivity contribution in [2.75, 3.05) is 0 Å². The van der Waals surface area contributed by atoms with Gasteiger partial charge in [0.05, 0.1) is 16.4 Å². The van der Waals surface area contributed by atoms with Gasteiger partial charge in [-0.15, -0.1) is 10.2 Å². The molecule has 3 aromatic carbocycles. The predicted molar refractivity (Wildman–Crippen MR) is 134 cm³/mol. The van der Waals surface area contributed by atoms with E-state index in [0.29, 0.717) is 21.6 Å². The van der Waals surface area contributed by atoms with E-state index in [9.17, 15) is 0 Å². The molecule has 4 nitrogen and oxygen atoms in total. The zero-order valence-electron chi connectivity index (χ0n) is 17.3. The van der Waals surface area contributed by atoms with Gasteiger partial charge in [0.25, 0.3) is 0 Å². The number of hydrogen-bond donors (Lipinski definition) is 0. The third-order valence-electron chi connectivity index (χ3n) is 5.26. The van der Waals surface area contributed by atoms with Gasteiger partial charge >= 0.3 is 0 Å². The molecule has 33 heavy (non-hydrogen) atoms. The van der Waals surface area contributed by atoms with Crippen molar-refractivity contribution >= 4 is 34.8 Å². The van der Waals surface area contributed by atoms with E-state index >= 15 is 0 Å². The maximum atomic E-state index is 6.46. The number of rotatable bonds is 5. The largest absolute Gasteiger partial charge is 0.303 e. The van der Waals surface area contributed by atoms with Crippen molar-refractivity contribution in [3.05, 3.63) is 118 Å². The predicted octanol–water partition coefficient (Wildman–Crippen LogP) is 7.55. The average molecular weight is 492 g/mol. The minimum Gasteiger partial charge on any atom is -0.303 e. The molecule has 0 amide bonds. The zero-order valence-corrected chi connectivity index (χ0v) is 19.6. The second kappa shape index (κ2) is 9.36. The van der Waals surface area contributed by atoms with Gasteiger partial charge < -0.3 is 4.57 Å². The Hall–Kier alpha value is -3.18. The van der Waals surface area contributed by atoms with Crippen molar-refractivity contribution in [3.63, 3.8) is 0 Å². The molecule has 2 aromatic heterocycles. The molecular formula is C26H17Cl3N4. The molecule has 0 atom stereocenters. The fourth-order valence-corrected chi connectivity index (χ4v) is 4.23. The molecule has 0 bridgehead atoms. The highest BCUT2D eigenvalue weighted by Gasteiger charge is 2.14. The summed E-state index contributed by atoms with van der Waals surface area (Å²) in [5, 5.41) is 9.60. The Morgan fingerprint density at radius 3 is 2.21 bits per heavy atom. The van der Waals surface area contributed by atoms with Crippen molar-refractivity contribution in [2.24, 2.45) is 0 Å². The van der Waals surface area contributed by atoms with Gasteiger partial charge in [0.15, 0.2) is 5.15 Å². The van der Waals surface area contributed by atoms with Crippen LogP contribution in [-0.4, -0.2) is 19.7 Å². The highest BCUT2D eigenvalue weighted by atomic mass is 35.5. The molecule has 0 spiro atoms. The van der Waals surface area contributed by atoms with Crippen LogP contribution in [0.15, 0.2) is 91.1 Å². The molecule has 0 unspecified atom stereocenters. The first-order valence-electron chi connectivity index (χ1n) is 10.2. The Morgan fingerprint density at radius 1 is 0.727 bits per heavy atom. The summed E-state index contributed by atoms with van der Waals surface area (Å²) in [5.74, 6) is 0.904. The number of benzene rings is 3. The quantitative estimate of drug-likeness (QED) is 0.255. The van der Waals surface area contributed by atoms with Crippen LogP contribution < -0.4 is 0 Å². The molecule has 162 valence electrons. The lowest BCUT2D eigenvalue weighted by Gasteiger charge is -2.08. The lowest BCUT2D eigenvalue weighted by atomic mass is 10.1. The first-order valence-corrected chi connectivity index (χ1v) is 11.4. The topological polar surface area (TPSA) is 43.6 Å². The molecule has 5 aromatic rings. The summed E-state index contributed by atoms with van der Waals surface area (Å²) < 4.78 is 2.10. The maximum absolute atomic E-state index is 6.46. The van der Waals surface area contributed by atoms with E-state index in [1.807, 2.05) is 54.7 Å². The SMILES string of the molecule is Clc1ccc(-c2cn(-c3ccccc3)c(Cc3ccc(-c4ccc(Cl)nn4)cc3)n2)c(Cl)c1. The molecule has 0 saturated carbocycles. The third-order valence-corrected chi connectivity index (χ3v) is 6.01. The Bertz CT molecular complexity index is 1400. The van der Waals surface area contributed by atoms with Crippen LogP contribution in [0.2, 0.25) is 15.2 Å². The van der Waals surface area contributed by atoms with Crippen molar-refractivity contribution in [2.45, 2.75) is 6.42 Å². The zero-order chi connectivity index (χ0) is 22.8. The second-order valence-electron chi connectivity index (χ2n) is 7.49. The van der Waals surface area contributed by atoms with Gasteiger partial charge in [0.2, 0.25) is 0 Å². The average Bonchev–Trinajstić information content (AvgIpc) is 3.24. The number of nitrogens with zero attached hydrogens (tertiary/aromatic N) is 4. The maximum Gasteiger partial charge on any atom is 0.151 e. The summed E-state index contributed by atoms with van der Waals surface area (Å²) in [6.45, 7) is 0. The molecule has 0 N–H and O–H groups in total. The Kier molecular flexibility index (Phi) is 6.14. The Labute approximate surface area is 206 Å². The van der Waals surface area contributed by atoms with Crippen LogP contribution in [0.1, 0.15) is 11.4 Å². The monoisotopic (exact) mass is 490 g/mol. The molecule has 0 aliphatic carbocycles. The van der Waals surface area contributed by atoms with Gasteiger partial charge in [-0.3, -0.25) is 0 Å². The van der Waals surface area contributed by atoms with E-state index in [4.69, 9.17) is 39.8 Å². The molecule has 7 heteroatoms. The number of aromatic nitrogens is 4. The van der Waals surface area contributed by atoms with Gasteiger partial charge in [-0.1, -0.05) is 77.3 Å². The number of para-hydroxylation sites is 1. The summed E-state index contributed by atoms with van der Waals surface area (Å²) in [4.78, 5) is 4.93. The number of halogens is 3. The lowest BCUT2D eigenvalue weighted by Crippen LogP contribution is -2.01. The fourth-order valence-electron chi connectivity index (χ4n) is 3.63. The normalized spacial score (nSPS) is 11.0. The van der Waals surface area contributed by atoms with Crippen LogP contribution in [-0.2, 0) is 6.42 Å². The molecule has 0 aliphatic rings. The number of imidazole rings is 1. The minimum atomic E-state index is 0.375. The van der Waals surface area contributed by atoms with Crippen LogP contribution in [0, 0.1) is 0 Å². The van der Waals surface area contributed by atoms with E-state index in [1.54, 1.807) is 12.1 Å².